The summed E-state index contributed by atoms with van der Waals surface area (Å²) < 4.78 is 33.9. The third kappa shape index (κ3) is 5.99. The van der Waals surface area contributed by atoms with E-state index in [1.165, 1.54) is 18.3 Å². The fourth-order valence-corrected chi connectivity index (χ4v) is 2.78. The largest absolute Gasteiger partial charge is 0.454 e. The van der Waals surface area contributed by atoms with Crippen LogP contribution in [0.1, 0.15) is 24.9 Å². The molecule has 0 saturated heterocycles. The predicted molar refractivity (Wildman–Crippen MR) is 111 cm³/mol. The normalized spacial score (nSPS) is 11.5. The number of amides is 2. The number of nitrogen functional groups attached to an aromatic ring is 1. The Labute approximate surface area is 177 Å². The van der Waals surface area contributed by atoms with Gasteiger partial charge in [0, 0.05) is 24.4 Å². The van der Waals surface area contributed by atoms with E-state index in [0.717, 1.165) is 17.7 Å². The Kier molecular flexibility index (Phi) is 6.76. The maximum atomic E-state index is 14.3. The SMILES string of the molecule is CC(NC(=O)CC(=O)Nc1cc(F)c(Oc2ccnc(N)c2)cc1F)c1ccccc1. The van der Waals surface area contributed by atoms with Gasteiger partial charge in [0.15, 0.2) is 17.4 Å². The van der Waals surface area contributed by atoms with Crippen LogP contribution in [-0.2, 0) is 9.59 Å². The lowest BCUT2D eigenvalue weighted by Crippen LogP contribution is -2.30. The zero-order valence-electron chi connectivity index (χ0n) is 16.6. The molecule has 0 aliphatic heterocycles. The van der Waals surface area contributed by atoms with Crippen LogP contribution in [-0.4, -0.2) is 16.8 Å². The third-order valence-electron chi connectivity index (χ3n) is 4.27. The lowest BCUT2D eigenvalue weighted by molar-refractivity contribution is -0.127. The maximum absolute atomic E-state index is 14.3. The number of carbonyl (C=O) groups is 2. The highest BCUT2D eigenvalue weighted by atomic mass is 19.1. The van der Waals surface area contributed by atoms with Gasteiger partial charge >= 0.3 is 0 Å². The molecule has 0 radical (unpaired) electrons. The van der Waals surface area contributed by atoms with Gasteiger partial charge in [-0.25, -0.2) is 13.8 Å². The van der Waals surface area contributed by atoms with Crippen LogP contribution in [0, 0.1) is 11.6 Å². The molecule has 3 aromatic rings. The first-order valence-corrected chi connectivity index (χ1v) is 9.34. The van der Waals surface area contributed by atoms with Gasteiger partial charge in [0.2, 0.25) is 11.8 Å². The molecule has 0 fully saturated rings. The minimum absolute atomic E-state index is 0.155. The van der Waals surface area contributed by atoms with Crippen LogP contribution in [0.25, 0.3) is 0 Å². The highest BCUT2D eigenvalue weighted by Gasteiger charge is 2.17. The zero-order chi connectivity index (χ0) is 22.4. The first kappa shape index (κ1) is 21.7. The van der Waals surface area contributed by atoms with Gasteiger partial charge in [0.05, 0.1) is 11.7 Å². The summed E-state index contributed by atoms with van der Waals surface area (Å²) in [6.07, 6.45) is 0.810. The Balaban J connectivity index is 1.60. The van der Waals surface area contributed by atoms with Crippen LogP contribution in [0.5, 0.6) is 11.5 Å². The third-order valence-corrected chi connectivity index (χ3v) is 4.27. The fourth-order valence-electron chi connectivity index (χ4n) is 2.78. The fraction of sp³-hybridized carbons (Fsp3) is 0.136. The van der Waals surface area contributed by atoms with Crippen molar-refractivity contribution in [2.24, 2.45) is 0 Å². The van der Waals surface area contributed by atoms with Gasteiger partial charge in [-0.3, -0.25) is 9.59 Å². The summed E-state index contributed by atoms with van der Waals surface area (Å²) in [5.74, 6) is -3.24. The predicted octanol–water partition coefficient (Wildman–Crippen LogP) is 3.94. The maximum Gasteiger partial charge on any atom is 0.233 e. The Bertz CT molecular complexity index is 1090. The Morgan fingerprint density at radius 2 is 1.81 bits per heavy atom. The molecule has 1 aromatic heterocycles. The number of halogens is 2. The lowest BCUT2D eigenvalue weighted by Gasteiger charge is -2.14. The number of hydrogen-bond donors (Lipinski definition) is 3. The van der Waals surface area contributed by atoms with Crippen LogP contribution in [0.15, 0.2) is 60.8 Å². The molecular weight excluding hydrogens is 406 g/mol. The molecule has 160 valence electrons. The van der Waals surface area contributed by atoms with Crippen molar-refractivity contribution in [1.29, 1.82) is 0 Å². The second-order valence-electron chi connectivity index (χ2n) is 6.71. The standard InChI is InChI=1S/C22H20F2N4O3/c1-13(14-5-3-2-4-6-14)27-21(29)12-22(30)28-18-10-17(24)19(11-16(18)23)31-15-7-8-26-20(25)9-15/h2-11,13H,12H2,1H3,(H2,25,26)(H,27,29)(H,28,30). The van der Waals surface area contributed by atoms with Gasteiger partial charge in [-0.05, 0) is 18.6 Å². The van der Waals surface area contributed by atoms with Crippen LogP contribution in [0.3, 0.4) is 0 Å². The highest BCUT2D eigenvalue weighted by Crippen LogP contribution is 2.29. The Hall–Kier alpha value is -4.01. The number of nitrogens with zero attached hydrogens (tertiary/aromatic N) is 1. The molecule has 0 saturated carbocycles. The number of anilines is 2. The monoisotopic (exact) mass is 426 g/mol. The van der Waals surface area contributed by atoms with E-state index in [4.69, 9.17) is 10.5 Å². The van der Waals surface area contributed by atoms with Gasteiger partial charge in [-0.2, -0.15) is 0 Å². The van der Waals surface area contributed by atoms with Gasteiger partial charge in [-0.15, -0.1) is 0 Å². The number of pyridine rings is 1. The number of aromatic nitrogens is 1. The van der Waals surface area contributed by atoms with Crippen LogP contribution in [0.4, 0.5) is 20.3 Å². The number of ether oxygens (including phenoxy) is 1. The molecule has 2 amide bonds. The Morgan fingerprint density at radius 3 is 2.52 bits per heavy atom. The molecule has 0 aliphatic rings. The van der Waals surface area contributed by atoms with Crippen molar-refractivity contribution in [2.75, 3.05) is 11.1 Å². The van der Waals surface area contributed by atoms with Crippen molar-refractivity contribution >= 4 is 23.3 Å². The van der Waals surface area contributed by atoms with Crippen molar-refractivity contribution in [3.8, 4) is 11.5 Å². The summed E-state index contributed by atoms with van der Waals surface area (Å²) in [5.41, 5.74) is 5.98. The van der Waals surface area contributed by atoms with E-state index in [9.17, 15) is 18.4 Å². The van der Waals surface area contributed by atoms with E-state index in [1.54, 1.807) is 6.92 Å². The average Bonchev–Trinajstić information content (AvgIpc) is 2.72. The quantitative estimate of drug-likeness (QED) is 0.496. The van der Waals surface area contributed by atoms with E-state index in [1.807, 2.05) is 30.3 Å². The molecule has 4 N–H and O–H groups in total. The summed E-state index contributed by atoms with van der Waals surface area (Å²) in [7, 11) is 0. The number of nitrogens with two attached hydrogens (primary N) is 1. The van der Waals surface area contributed by atoms with E-state index in [-0.39, 0.29) is 17.6 Å². The molecule has 3 rings (SSSR count). The second kappa shape index (κ2) is 9.66. The highest BCUT2D eigenvalue weighted by molar-refractivity contribution is 6.03. The first-order valence-electron chi connectivity index (χ1n) is 9.34. The summed E-state index contributed by atoms with van der Waals surface area (Å²) in [6.45, 7) is 1.77. The smallest absolute Gasteiger partial charge is 0.233 e. The minimum atomic E-state index is -0.926. The van der Waals surface area contributed by atoms with Gasteiger partial charge < -0.3 is 21.1 Å². The molecule has 0 aliphatic carbocycles. The number of benzene rings is 2. The molecule has 1 heterocycles. The van der Waals surface area contributed by atoms with E-state index < -0.39 is 41.3 Å². The molecule has 7 nitrogen and oxygen atoms in total. The summed E-state index contributed by atoms with van der Waals surface area (Å²) in [4.78, 5) is 28.0. The average molecular weight is 426 g/mol. The molecule has 2 aromatic carbocycles. The van der Waals surface area contributed by atoms with Crippen LogP contribution < -0.4 is 21.1 Å². The molecule has 1 unspecified atom stereocenters. The Morgan fingerprint density at radius 1 is 1.06 bits per heavy atom. The molecule has 9 heteroatoms. The molecule has 0 spiro atoms. The topological polar surface area (TPSA) is 106 Å². The molecule has 1 atom stereocenters. The van der Waals surface area contributed by atoms with Crippen molar-refractivity contribution in [3.05, 3.63) is 78.0 Å². The first-order chi connectivity index (χ1) is 14.8. The van der Waals surface area contributed by atoms with Crippen LogP contribution >= 0.6 is 0 Å². The van der Waals surface area contributed by atoms with Crippen molar-refractivity contribution in [2.45, 2.75) is 19.4 Å². The van der Waals surface area contributed by atoms with Gasteiger partial charge in [0.25, 0.3) is 0 Å². The second-order valence-corrected chi connectivity index (χ2v) is 6.71. The van der Waals surface area contributed by atoms with E-state index in [0.29, 0.717) is 0 Å². The van der Waals surface area contributed by atoms with E-state index >= 15 is 0 Å². The zero-order valence-corrected chi connectivity index (χ0v) is 16.6. The van der Waals surface area contributed by atoms with Gasteiger partial charge in [0.1, 0.15) is 18.0 Å². The summed E-state index contributed by atoms with van der Waals surface area (Å²) in [6, 6.07) is 13.2. The van der Waals surface area contributed by atoms with Crippen molar-refractivity contribution in [3.63, 3.8) is 0 Å². The van der Waals surface area contributed by atoms with E-state index in [2.05, 4.69) is 15.6 Å². The number of carbonyl (C=O) groups excluding carboxylic acids is 2. The minimum Gasteiger partial charge on any atom is -0.454 e. The molecular formula is C22H20F2N4O3. The summed E-state index contributed by atoms with van der Waals surface area (Å²) in [5, 5.41) is 4.87. The molecule has 31 heavy (non-hydrogen) atoms. The number of rotatable bonds is 7. The number of hydrogen-bond acceptors (Lipinski definition) is 5. The van der Waals surface area contributed by atoms with Gasteiger partial charge in [-0.1, -0.05) is 30.3 Å². The molecule has 0 bridgehead atoms. The van der Waals surface area contributed by atoms with Crippen LogP contribution in [0.2, 0.25) is 0 Å². The summed E-state index contributed by atoms with van der Waals surface area (Å²) >= 11 is 0. The van der Waals surface area contributed by atoms with Crippen molar-refractivity contribution < 1.29 is 23.1 Å². The van der Waals surface area contributed by atoms with Crippen molar-refractivity contribution in [1.82, 2.24) is 10.3 Å². The lowest BCUT2D eigenvalue weighted by atomic mass is 10.1. The number of nitrogens with one attached hydrogen (secondary N) is 2.